The van der Waals surface area contributed by atoms with Crippen molar-refractivity contribution in [2.45, 2.75) is 70.9 Å². The van der Waals surface area contributed by atoms with E-state index in [9.17, 15) is 0 Å². The van der Waals surface area contributed by atoms with E-state index in [-0.39, 0.29) is 5.41 Å². The fourth-order valence-corrected chi connectivity index (χ4v) is 4.61. The number of hydrogen-bond donors (Lipinski definition) is 0. The number of nitrogens with zero attached hydrogens (tertiary/aromatic N) is 3. The SMILES string of the molecule is CCOC1CC(N(C)c2nc(C(C)(C)C)ns2)C12CCC2. The molecule has 2 fully saturated rings. The second kappa shape index (κ2) is 5.20. The van der Waals surface area contributed by atoms with Crippen molar-refractivity contribution in [3.05, 3.63) is 5.82 Å². The van der Waals surface area contributed by atoms with Crippen LogP contribution in [0, 0.1) is 5.41 Å². The molecule has 0 aliphatic heterocycles. The monoisotopic (exact) mass is 309 g/mol. The Balaban J connectivity index is 1.74. The highest BCUT2D eigenvalue weighted by atomic mass is 32.1. The summed E-state index contributed by atoms with van der Waals surface area (Å²) in [5.74, 6) is 0.956. The molecule has 1 aromatic rings. The summed E-state index contributed by atoms with van der Waals surface area (Å²) in [7, 11) is 2.18. The Morgan fingerprint density at radius 1 is 1.38 bits per heavy atom. The van der Waals surface area contributed by atoms with Crippen LogP contribution < -0.4 is 4.90 Å². The molecule has 1 heterocycles. The summed E-state index contributed by atoms with van der Waals surface area (Å²) in [6.07, 6.45) is 5.54. The molecule has 0 saturated heterocycles. The van der Waals surface area contributed by atoms with Crippen LogP contribution in [0.15, 0.2) is 0 Å². The van der Waals surface area contributed by atoms with Crippen LogP contribution in [0.4, 0.5) is 5.13 Å². The summed E-state index contributed by atoms with van der Waals surface area (Å²) in [4.78, 5) is 7.13. The van der Waals surface area contributed by atoms with E-state index >= 15 is 0 Å². The first-order chi connectivity index (χ1) is 9.88. The van der Waals surface area contributed by atoms with Gasteiger partial charge in [-0.2, -0.15) is 4.37 Å². The number of hydrogen-bond acceptors (Lipinski definition) is 5. The largest absolute Gasteiger partial charge is 0.378 e. The molecular weight excluding hydrogens is 282 g/mol. The number of rotatable bonds is 4. The molecule has 0 radical (unpaired) electrons. The Morgan fingerprint density at radius 2 is 2.10 bits per heavy atom. The van der Waals surface area contributed by atoms with E-state index in [1.54, 1.807) is 0 Å². The third-order valence-electron chi connectivity index (χ3n) is 5.25. The van der Waals surface area contributed by atoms with Gasteiger partial charge in [-0.1, -0.05) is 27.2 Å². The number of aromatic nitrogens is 2. The molecule has 0 amide bonds. The molecule has 2 aliphatic carbocycles. The molecule has 118 valence electrons. The van der Waals surface area contributed by atoms with Crippen molar-refractivity contribution in [1.29, 1.82) is 0 Å². The molecule has 2 aliphatic rings. The fraction of sp³-hybridized carbons (Fsp3) is 0.875. The summed E-state index contributed by atoms with van der Waals surface area (Å²) >= 11 is 1.54. The first-order valence-electron chi connectivity index (χ1n) is 8.07. The van der Waals surface area contributed by atoms with Crippen LogP contribution >= 0.6 is 11.5 Å². The summed E-state index contributed by atoms with van der Waals surface area (Å²) < 4.78 is 10.5. The van der Waals surface area contributed by atoms with Crippen LogP contribution in [-0.2, 0) is 10.2 Å². The van der Waals surface area contributed by atoms with Gasteiger partial charge in [-0.15, -0.1) is 0 Å². The van der Waals surface area contributed by atoms with E-state index in [1.165, 1.54) is 30.8 Å². The number of anilines is 1. The molecule has 0 N–H and O–H groups in total. The van der Waals surface area contributed by atoms with Gasteiger partial charge >= 0.3 is 0 Å². The summed E-state index contributed by atoms with van der Waals surface area (Å²) in [5, 5.41) is 1.06. The van der Waals surface area contributed by atoms with Crippen molar-refractivity contribution in [1.82, 2.24) is 9.36 Å². The van der Waals surface area contributed by atoms with Crippen molar-refractivity contribution >= 4 is 16.7 Å². The molecule has 3 rings (SSSR count). The van der Waals surface area contributed by atoms with Gasteiger partial charge in [0.2, 0.25) is 5.13 Å². The Morgan fingerprint density at radius 3 is 2.57 bits per heavy atom. The lowest BCUT2D eigenvalue weighted by atomic mass is 9.50. The maximum absolute atomic E-state index is 5.95. The smallest absolute Gasteiger partial charge is 0.205 e. The van der Waals surface area contributed by atoms with Gasteiger partial charge in [0, 0.05) is 42.1 Å². The van der Waals surface area contributed by atoms with E-state index in [1.807, 2.05) is 0 Å². The van der Waals surface area contributed by atoms with Crippen molar-refractivity contribution in [3.8, 4) is 0 Å². The van der Waals surface area contributed by atoms with Crippen molar-refractivity contribution in [2.24, 2.45) is 5.41 Å². The maximum atomic E-state index is 5.95. The van der Waals surface area contributed by atoms with Gasteiger partial charge < -0.3 is 9.64 Å². The van der Waals surface area contributed by atoms with Crippen molar-refractivity contribution < 1.29 is 4.74 Å². The van der Waals surface area contributed by atoms with E-state index < -0.39 is 0 Å². The number of ether oxygens (including phenoxy) is 1. The van der Waals surface area contributed by atoms with Gasteiger partial charge in [-0.25, -0.2) is 4.98 Å². The van der Waals surface area contributed by atoms with E-state index in [2.05, 4.69) is 44.0 Å². The zero-order valence-corrected chi connectivity index (χ0v) is 14.7. The van der Waals surface area contributed by atoms with Gasteiger partial charge in [0.25, 0.3) is 0 Å². The lowest BCUT2D eigenvalue weighted by Crippen LogP contribution is -2.67. The molecule has 2 atom stereocenters. The van der Waals surface area contributed by atoms with Gasteiger partial charge in [0.05, 0.1) is 6.10 Å². The molecule has 4 nitrogen and oxygen atoms in total. The van der Waals surface area contributed by atoms with Crippen molar-refractivity contribution in [2.75, 3.05) is 18.6 Å². The molecule has 1 spiro atoms. The normalized spacial score (nSPS) is 27.3. The highest BCUT2D eigenvalue weighted by Gasteiger charge is 2.60. The third kappa shape index (κ3) is 2.38. The predicted molar refractivity (Wildman–Crippen MR) is 87.1 cm³/mol. The standard InChI is InChI=1S/C16H27N3OS/c1-6-20-12-10-11(16(12)8-7-9-16)19(5)14-17-13(18-21-14)15(2,3)4/h11-12H,6-10H2,1-5H3. The lowest BCUT2D eigenvalue weighted by molar-refractivity contribution is -0.163. The molecule has 2 unspecified atom stereocenters. The van der Waals surface area contributed by atoms with E-state index in [0.29, 0.717) is 17.6 Å². The van der Waals surface area contributed by atoms with Gasteiger partial charge in [0.1, 0.15) is 5.82 Å². The molecule has 5 heteroatoms. The van der Waals surface area contributed by atoms with Crippen LogP contribution in [-0.4, -0.2) is 35.2 Å². The molecule has 0 aromatic carbocycles. The molecule has 0 bridgehead atoms. The highest BCUT2D eigenvalue weighted by molar-refractivity contribution is 7.09. The lowest BCUT2D eigenvalue weighted by Gasteiger charge is -2.63. The zero-order chi connectivity index (χ0) is 15.3. The van der Waals surface area contributed by atoms with Crippen LogP contribution in [0.3, 0.4) is 0 Å². The average Bonchev–Trinajstić information content (AvgIpc) is 2.80. The van der Waals surface area contributed by atoms with Gasteiger partial charge in [0.15, 0.2) is 0 Å². The predicted octanol–water partition coefficient (Wildman–Crippen LogP) is 3.62. The summed E-state index contributed by atoms with van der Waals surface area (Å²) in [5.41, 5.74) is 0.412. The second-order valence-electron chi connectivity index (χ2n) is 7.54. The van der Waals surface area contributed by atoms with Crippen LogP contribution in [0.5, 0.6) is 0 Å². The maximum Gasteiger partial charge on any atom is 0.205 e. The zero-order valence-electron chi connectivity index (χ0n) is 13.8. The van der Waals surface area contributed by atoms with Crippen LogP contribution in [0.2, 0.25) is 0 Å². The van der Waals surface area contributed by atoms with E-state index in [0.717, 1.165) is 24.0 Å². The minimum atomic E-state index is 0.0250. The highest BCUT2D eigenvalue weighted by Crippen LogP contribution is 2.59. The van der Waals surface area contributed by atoms with Gasteiger partial charge in [-0.05, 0) is 26.2 Å². The topological polar surface area (TPSA) is 38.2 Å². The Hall–Kier alpha value is -0.680. The fourth-order valence-electron chi connectivity index (χ4n) is 3.74. The Kier molecular flexibility index (Phi) is 3.77. The first-order valence-corrected chi connectivity index (χ1v) is 8.84. The molecule has 21 heavy (non-hydrogen) atoms. The van der Waals surface area contributed by atoms with E-state index in [4.69, 9.17) is 9.72 Å². The van der Waals surface area contributed by atoms with Gasteiger partial charge in [-0.3, -0.25) is 0 Å². The molecule has 1 aromatic heterocycles. The minimum Gasteiger partial charge on any atom is -0.378 e. The Bertz CT molecular complexity index is 504. The first kappa shape index (κ1) is 15.2. The van der Waals surface area contributed by atoms with Crippen LogP contribution in [0.1, 0.15) is 59.2 Å². The quantitative estimate of drug-likeness (QED) is 0.851. The Labute approximate surface area is 132 Å². The third-order valence-corrected chi connectivity index (χ3v) is 6.06. The second-order valence-corrected chi connectivity index (χ2v) is 8.27. The molecule has 2 saturated carbocycles. The van der Waals surface area contributed by atoms with Crippen molar-refractivity contribution in [3.63, 3.8) is 0 Å². The average molecular weight is 309 g/mol. The minimum absolute atomic E-state index is 0.0250. The summed E-state index contributed by atoms with van der Waals surface area (Å²) in [6.45, 7) is 9.43. The summed E-state index contributed by atoms with van der Waals surface area (Å²) in [6, 6.07) is 0.573. The van der Waals surface area contributed by atoms with Crippen LogP contribution in [0.25, 0.3) is 0 Å². The molecular formula is C16H27N3OS.